The molecule has 1 aromatic carbocycles. The molecule has 0 saturated carbocycles. The molecule has 1 aromatic rings. The van der Waals surface area contributed by atoms with Crippen LogP contribution in [0.25, 0.3) is 6.08 Å². The molecule has 0 bridgehead atoms. The zero-order chi connectivity index (χ0) is 12.0. The van der Waals surface area contributed by atoms with Crippen LogP contribution in [0.1, 0.15) is 5.56 Å². The standard InChI is InChI=1S/C12H14O4/c1-15-8-10(12(13)14)6-9-4-3-5-11(7-9)16-2/h3-7H,8H2,1-2H3,(H,13,14)/b10-6+. The largest absolute Gasteiger partial charge is 0.497 e. The van der Waals surface area contributed by atoms with Gasteiger partial charge in [-0.2, -0.15) is 0 Å². The van der Waals surface area contributed by atoms with Crippen LogP contribution in [0.4, 0.5) is 0 Å². The van der Waals surface area contributed by atoms with Crippen LogP contribution in [-0.4, -0.2) is 31.9 Å². The van der Waals surface area contributed by atoms with Crippen molar-refractivity contribution in [2.24, 2.45) is 0 Å². The molecule has 1 rings (SSSR count). The summed E-state index contributed by atoms with van der Waals surface area (Å²) in [7, 11) is 3.03. The van der Waals surface area contributed by atoms with E-state index in [0.717, 1.165) is 5.56 Å². The maximum absolute atomic E-state index is 10.9. The second-order valence-corrected chi connectivity index (χ2v) is 3.18. The molecular weight excluding hydrogens is 208 g/mol. The number of hydrogen-bond donors (Lipinski definition) is 1. The van der Waals surface area contributed by atoms with Crippen LogP contribution in [0.3, 0.4) is 0 Å². The smallest absolute Gasteiger partial charge is 0.333 e. The number of carboxylic acids is 1. The quantitative estimate of drug-likeness (QED) is 0.772. The van der Waals surface area contributed by atoms with Gasteiger partial charge >= 0.3 is 5.97 Å². The fourth-order valence-corrected chi connectivity index (χ4v) is 1.25. The van der Waals surface area contributed by atoms with E-state index in [4.69, 9.17) is 14.6 Å². The Bertz CT molecular complexity index is 396. The summed E-state index contributed by atoms with van der Waals surface area (Å²) in [6.07, 6.45) is 1.56. The van der Waals surface area contributed by atoms with Gasteiger partial charge in [0, 0.05) is 7.11 Å². The average molecular weight is 222 g/mol. The molecule has 0 amide bonds. The highest BCUT2D eigenvalue weighted by Crippen LogP contribution is 2.15. The summed E-state index contributed by atoms with van der Waals surface area (Å²) in [6.45, 7) is 0.0759. The molecule has 0 aliphatic rings. The van der Waals surface area contributed by atoms with Crippen LogP contribution in [0.15, 0.2) is 29.8 Å². The van der Waals surface area contributed by atoms with Crippen LogP contribution in [0.2, 0.25) is 0 Å². The van der Waals surface area contributed by atoms with Gasteiger partial charge in [-0.15, -0.1) is 0 Å². The van der Waals surface area contributed by atoms with Crippen molar-refractivity contribution in [3.8, 4) is 5.75 Å². The Morgan fingerprint density at radius 2 is 2.19 bits per heavy atom. The van der Waals surface area contributed by atoms with Crippen LogP contribution in [-0.2, 0) is 9.53 Å². The van der Waals surface area contributed by atoms with Gasteiger partial charge in [0.1, 0.15) is 5.75 Å². The Balaban J connectivity index is 2.97. The first-order chi connectivity index (χ1) is 7.67. The van der Waals surface area contributed by atoms with Crippen LogP contribution >= 0.6 is 0 Å². The van der Waals surface area contributed by atoms with Gasteiger partial charge in [0.15, 0.2) is 0 Å². The van der Waals surface area contributed by atoms with Crippen LogP contribution in [0, 0.1) is 0 Å². The molecule has 4 heteroatoms. The van der Waals surface area contributed by atoms with Gasteiger partial charge < -0.3 is 14.6 Å². The second-order valence-electron chi connectivity index (χ2n) is 3.18. The van der Waals surface area contributed by atoms with E-state index in [1.54, 1.807) is 37.5 Å². The molecule has 4 nitrogen and oxygen atoms in total. The van der Waals surface area contributed by atoms with Gasteiger partial charge in [0.25, 0.3) is 0 Å². The lowest BCUT2D eigenvalue weighted by atomic mass is 10.1. The van der Waals surface area contributed by atoms with E-state index in [9.17, 15) is 4.79 Å². The van der Waals surface area contributed by atoms with E-state index in [1.807, 2.05) is 0 Å². The summed E-state index contributed by atoms with van der Waals surface area (Å²) in [6, 6.07) is 7.17. The third-order valence-corrected chi connectivity index (χ3v) is 2.01. The number of benzene rings is 1. The zero-order valence-corrected chi connectivity index (χ0v) is 9.27. The minimum Gasteiger partial charge on any atom is -0.497 e. The lowest BCUT2D eigenvalue weighted by Gasteiger charge is -2.03. The molecule has 0 aliphatic carbocycles. The van der Waals surface area contributed by atoms with E-state index < -0.39 is 5.97 Å². The molecule has 0 fully saturated rings. The summed E-state index contributed by atoms with van der Waals surface area (Å²) in [5, 5.41) is 8.91. The molecule has 0 atom stereocenters. The van der Waals surface area contributed by atoms with Gasteiger partial charge in [-0.3, -0.25) is 0 Å². The highest BCUT2D eigenvalue weighted by Gasteiger charge is 2.06. The number of aliphatic carboxylic acids is 1. The van der Waals surface area contributed by atoms with Gasteiger partial charge in [-0.25, -0.2) is 4.79 Å². The Labute approximate surface area is 94.1 Å². The van der Waals surface area contributed by atoms with Crippen molar-refractivity contribution in [2.75, 3.05) is 20.8 Å². The maximum Gasteiger partial charge on any atom is 0.333 e. The van der Waals surface area contributed by atoms with Gasteiger partial charge in [0.05, 0.1) is 19.3 Å². The van der Waals surface area contributed by atoms with E-state index in [1.165, 1.54) is 7.11 Å². The molecule has 86 valence electrons. The Hall–Kier alpha value is -1.81. The zero-order valence-electron chi connectivity index (χ0n) is 9.27. The molecule has 0 radical (unpaired) electrons. The second kappa shape index (κ2) is 5.92. The minimum absolute atomic E-state index is 0.0759. The monoisotopic (exact) mass is 222 g/mol. The fraction of sp³-hybridized carbons (Fsp3) is 0.250. The van der Waals surface area contributed by atoms with Crippen molar-refractivity contribution in [1.82, 2.24) is 0 Å². The molecule has 0 heterocycles. The predicted molar refractivity (Wildman–Crippen MR) is 60.5 cm³/mol. The van der Waals surface area contributed by atoms with Crippen molar-refractivity contribution in [3.05, 3.63) is 35.4 Å². The topological polar surface area (TPSA) is 55.8 Å². The number of ether oxygens (including phenoxy) is 2. The summed E-state index contributed by atoms with van der Waals surface area (Å²) < 4.78 is 9.86. The number of rotatable bonds is 5. The van der Waals surface area contributed by atoms with E-state index in [-0.39, 0.29) is 12.2 Å². The van der Waals surface area contributed by atoms with E-state index in [2.05, 4.69) is 0 Å². The van der Waals surface area contributed by atoms with Gasteiger partial charge in [-0.05, 0) is 23.8 Å². The van der Waals surface area contributed by atoms with E-state index in [0.29, 0.717) is 5.75 Å². The van der Waals surface area contributed by atoms with Crippen LogP contribution in [0.5, 0.6) is 5.75 Å². The molecule has 0 aromatic heterocycles. The highest BCUT2D eigenvalue weighted by molar-refractivity contribution is 5.92. The first-order valence-electron chi connectivity index (χ1n) is 4.74. The summed E-state index contributed by atoms with van der Waals surface area (Å²) in [5.74, 6) is -0.291. The number of carbonyl (C=O) groups is 1. The van der Waals surface area contributed by atoms with Crippen molar-refractivity contribution in [3.63, 3.8) is 0 Å². The maximum atomic E-state index is 10.9. The summed E-state index contributed by atoms with van der Waals surface area (Å²) >= 11 is 0. The van der Waals surface area contributed by atoms with E-state index >= 15 is 0 Å². The van der Waals surface area contributed by atoms with Crippen molar-refractivity contribution >= 4 is 12.0 Å². The Morgan fingerprint density at radius 3 is 2.75 bits per heavy atom. The number of carboxylic acid groups (broad SMARTS) is 1. The van der Waals surface area contributed by atoms with Crippen LogP contribution < -0.4 is 4.74 Å². The molecule has 1 N–H and O–H groups in total. The fourth-order valence-electron chi connectivity index (χ4n) is 1.25. The number of hydrogen-bond acceptors (Lipinski definition) is 3. The first kappa shape index (κ1) is 12.3. The minimum atomic E-state index is -0.982. The highest BCUT2D eigenvalue weighted by atomic mass is 16.5. The first-order valence-corrected chi connectivity index (χ1v) is 4.74. The molecule has 0 spiro atoms. The molecular formula is C12H14O4. The average Bonchev–Trinajstić information content (AvgIpc) is 2.28. The lowest BCUT2D eigenvalue weighted by molar-refractivity contribution is -0.133. The SMILES string of the molecule is COC/C(=C\c1cccc(OC)c1)C(=O)O. The molecule has 0 unspecified atom stereocenters. The lowest BCUT2D eigenvalue weighted by Crippen LogP contribution is -2.06. The van der Waals surface area contributed by atoms with Gasteiger partial charge in [-0.1, -0.05) is 12.1 Å². The van der Waals surface area contributed by atoms with Crippen molar-refractivity contribution < 1.29 is 19.4 Å². The Kier molecular flexibility index (Phi) is 4.54. The molecule has 16 heavy (non-hydrogen) atoms. The van der Waals surface area contributed by atoms with Gasteiger partial charge in [0.2, 0.25) is 0 Å². The Morgan fingerprint density at radius 1 is 1.44 bits per heavy atom. The number of methoxy groups -OCH3 is 2. The normalized spacial score (nSPS) is 11.2. The van der Waals surface area contributed by atoms with Crippen molar-refractivity contribution in [2.45, 2.75) is 0 Å². The third-order valence-electron chi connectivity index (χ3n) is 2.01. The third kappa shape index (κ3) is 3.40. The summed E-state index contributed by atoms with van der Waals surface area (Å²) in [4.78, 5) is 10.9. The molecule has 0 saturated heterocycles. The predicted octanol–water partition coefficient (Wildman–Crippen LogP) is 1.81. The van der Waals surface area contributed by atoms with Crippen molar-refractivity contribution in [1.29, 1.82) is 0 Å². The summed E-state index contributed by atoms with van der Waals surface area (Å²) in [5.41, 5.74) is 0.976. The molecule has 0 aliphatic heterocycles.